The van der Waals surface area contributed by atoms with Crippen molar-refractivity contribution < 1.29 is 57.6 Å². The number of carbonyl (C=O) groups is 4. The minimum Gasteiger partial charge on any atom is -0.446 e. The fourth-order valence-electron chi connectivity index (χ4n) is 9.72. The summed E-state index contributed by atoms with van der Waals surface area (Å²) in [7, 11) is 3.64. The van der Waals surface area contributed by atoms with Crippen molar-refractivity contribution in [1.29, 1.82) is 0 Å². The Bertz CT molecular complexity index is 2220. The zero-order chi connectivity index (χ0) is 52.6. The van der Waals surface area contributed by atoms with Crippen molar-refractivity contribution in [3.63, 3.8) is 0 Å². The maximum Gasteiger partial charge on any atom is 0.352 e. The number of aromatic nitrogens is 2. The lowest BCUT2D eigenvalue weighted by molar-refractivity contribution is -0.296. The van der Waals surface area contributed by atoms with Crippen molar-refractivity contribution in [3.05, 3.63) is 29.4 Å². The number of hydrogen-bond donors (Lipinski definition) is 5. The van der Waals surface area contributed by atoms with E-state index >= 15 is 4.39 Å². The Morgan fingerprint density at radius 3 is 2.51 bits per heavy atom. The third-order valence-electron chi connectivity index (χ3n) is 14.0. The molecule has 2 aromatic rings. The minimum atomic E-state index is -3.21. The van der Waals surface area contributed by atoms with Gasteiger partial charge in [-0.3, -0.25) is 19.4 Å². The number of Topliss-reactive ketones (excluding diaryl/α,β-unsaturated/α-hetero) is 1. The molecule has 2 bridgehead atoms. The molecule has 0 saturated carbocycles. The summed E-state index contributed by atoms with van der Waals surface area (Å²) in [5, 5.41) is 33.8. The largest absolute Gasteiger partial charge is 0.446 e. The summed E-state index contributed by atoms with van der Waals surface area (Å²) in [4.78, 5) is 75.7. The highest BCUT2D eigenvalue weighted by Gasteiger charge is 2.56. The minimum absolute atomic E-state index is 0.0288. The van der Waals surface area contributed by atoms with Crippen LogP contribution in [0.4, 0.5) is 10.2 Å². The summed E-state index contributed by atoms with van der Waals surface area (Å²) in [6.45, 7) is 12.9. The number of rotatable bonds is 14. The topological polar surface area (TPSA) is 273 Å². The average Bonchev–Trinajstić information content (AvgIpc) is 3.78. The van der Waals surface area contributed by atoms with Crippen LogP contribution in [0.3, 0.4) is 0 Å². The molecule has 5 heterocycles. The van der Waals surface area contributed by atoms with Gasteiger partial charge in [-0.1, -0.05) is 39.3 Å². The van der Waals surface area contributed by atoms with Crippen LogP contribution >= 0.6 is 33.9 Å². The van der Waals surface area contributed by atoms with Crippen molar-refractivity contribution in [2.45, 2.75) is 171 Å². The fourth-order valence-corrected chi connectivity index (χ4v) is 11.2. The van der Waals surface area contributed by atoms with E-state index < -0.39 is 99.0 Å². The number of esters is 1. The molecule has 2 aromatic heterocycles. The van der Waals surface area contributed by atoms with Crippen LogP contribution in [0, 0.1) is 23.7 Å². The molecule has 7 N–H and O–H groups in total. The third kappa shape index (κ3) is 14.4. The molecule has 19 nitrogen and oxygen atoms in total. The van der Waals surface area contributed by atoms with Crippen LogP contribution < -0.4 is 16.8 Å². The molecular formula is C49H74FIN8O11S. The quantitative estimate of drug-likeness (QED) is 0.0390. The summed E-state index contributed by atoms with van der Waals surface area (Å²) in [6.07, 6.45) is 0.277. The monoisotopic (exact) mass is 1130 g/mol. The summed E-state index contributed by atoms with van der Waals surface area (Å²) < 4.78 is 41.0. The van der Waals surface area contributed by atoms with Gasteiger partial charge in [0, 0.05) is 47.2 Å². The lowest BCUT2D eigenvalue weighted by Crippen LogP contribution is -2.61. The smallest absolute Gasteiger partial charge is 0.352 e. The van der Waals surface area contributed by atoms with Crippen LogP contribution in [-0.4, -0.2) is 145 Å². The number of unbranched alkanes of at least 4 members (excludes halogenated alkanes) is 1. The number of nitrogens with two attached hydrogens (primary N) is 2. The van der Waals surface area contributed by atoms with Gasteiger partial charge in [0.25, 0.3) is 5.67 Å². The molecule has 2 amide bonds. The first-order chi connectivity index (χ1) is 33.3. The Morgan fingerprint density at radius 1 is 1.14 bits per heavy atom. The number of halogens is 2. The number of aliphatic hydroxyl groups excluding tert-OH is 1. The second-order valence-corrected chi connectivity index (χ2v) is 22.0. The Hall–Kier alpha value is -3.46. The number of fused-ring (bicyclic) bond motifs is 5. The molecule has 0 radical (unpaired) electrons. The highest BCUT2D eigenvalue weighted by atomic mass is 127. The van der Waals surface area contributed by atoms with E-state index in [-0.39, 0.29) is 44.8 Å². The number of oxime groups is 1. The number of cyclic esters (lactones) is 1. The number of ether oxygens (including phenoxy) is 4. The van der Waals surface area contributed by atoms with Gasteiger partial charge in [-0.2, -0.15) is 0 Å². The number of hydrogen-bond acceptors (Lipinski definition) is 18. The second-order valence-electron chi connectivity index (χ2n) is 20.0. The van der Waals surface area contributed by atoms with Crippen LogP contribution in [0.2, 0.25) is 0 Å². The average molecular weight is 1130 g/mol. The first-order valence-corrected chi connectivity index (χ1v) is 26.5. The summed E-state index contributed by atoms with van der Waals surface area (Å²) >= 11 is 3.07. The van der Waals surface area contributed by atoms with Gasteiger partial charge in [0.15, 0.2) is 22.8 Å². The molecule has 3 fully saturated rings. The molecular weight excluding hydrogens is 1050 g/mol. The van der Waals surface area contributed by atoms with Crippen LogP contribution in [-0.2, 0) is 49.6 Å². The maximum atomic E-state index is 16.9. The number of thiazole rings is 1. The molecule has 1 unspecified atom stereocenters. The Labute approximate surface area is 433 Å². The molecule has 22 heteroatoms. The van der Waals surface area contributed by atoms with Gasteiger partial charge in [-0.25, -0.2) is 19.2 Å². The van der Waals surface area contributed by atoms with E-state index in [2.05, 4.69) is 25.4 Å². The van der Waals surface area contributed by atoms with Crippen molar-refractivity contribution in [1.82, 2.24) is 14.9 Å². The number of nitrogens with one attached hydrogen (secondary N) is 1. The first-order valence-electron chi connectivity index (χ1n) is 24.4. The number of aliphatic hydroxyl groups is 2. The second kappa shape index (κ2) is 25.2. The molecule has 0 aromatic carbocycles. The number of amides is 2. The van der Waals surface area contributed by atoms with E-state index in [9.17, 15) is 29.4 Å². The maximum absolute atomic E-state index is 16.9. The predicted octanol–water partition coefficient (Wildman–Crippen LogP) is 5.51. The molecule has 5 rings (SSSR count). The summed E-state index contributed by atoms with van der Waals surface area (Å²) in [5.41, 5.74) is 7.00. The molecule has 3 aliphatic heterocycles. The van der Waals surface area contributed by atoms with Crippen molar-refractivity contribution in [3.8, 4) is 10.6 Å². The molecule has 14 atom stereocenters. The molecule has 3 aliphatic rings. The number of ketones is 1. The van der Waals surface area contributed by atoms with E-state index in [0.29, 0.717) is 52.9 Å². The molecule has 396 valence electrons. The number of carbonyl (C=O) groups excluding carboxylic acids is 4. The van der Waals surface area contributed by atoms with E-state index in [1.54, 1.807) is 54.1 Å². The standard InChI is InChI=1S/C49H74FIN8O11S/c1-11-37(60)57-38-26(2)21-47(6)41(69-44-39(61)35(59(9)10)20-27(3)68-44)29(5)40(62)48(7,50)46(64)70-45(51)49(8,65)33(28(38)4)18-17-32(23-66-47)58-67-24-31-16-15-30(22-54-31)43-56-36(25-71-43)55-42(63)34(53)14-12-13-19-52/h15-16,22,25-29,33-35,39,41,44-45,61,65H,11-14,17-21,23-24,52-53H2,1-10H3,(H,55,63)/b57-38+,58-32+/t26-,27-,28-,29+,33-,34+,35+,39-,41-,44+,45+,47-,48+,49?/m1/s1. The van der Waals surface area contributed by atoms with Gasteiger partial charge < -0.3 is 55.7 Å². The first kappa shape index (κ1) is 58.4. The molecule has 3 saturated heterocycles. The van der Waals surface area contributed by atoms with E-state index in [0.717, 1.165) is 19.8 Å². The fraction of sp³-hybridized carbons (Fsp3) is 0.714. The Morgan fingerprint density at radius 2 is 1.86 bits per heavy atom. The molecule has 0 aliphatic carbocycles. The van der Waals surface area contributed by atoms with Gasteiger partial charge in [0.05, 0.1) is 41.9 Å². The van der Waals surface area contributed by atoms with Gasteiger partial charge in [-0.15, -0.1) is 11.3 Å². The SMILES string of the molecule is CCC(=O)/N=C1\[C@H](C)C[C@@]2(C)OC/C(=N/OCc3ccc(-c4nc(NC(=O)[C@@H](N)CCCCN)cs4)cn3)CC[C@H]([C@H]1C)C(C)(O)[C@@H](I)OC(=O)[C@@](C)(F)C(=O)[C@H](C)[C@H]2O[C@@H]1O[C@H](C)C[C@H](N(C)C)[C@H]1O. The van der Waals surface area contributed by atoms with Crippen molar-refractivity contribution in [2.24, 2.45) is 45.3 Å². The Kier molecular flexibility index (Phi) is 20.7. The number of alkyl halides is 2. The number of anilines is 1. The van der Waals surface area contributed by atoms with Gasteiger partial charge in [-0.05, 0) is 133 Å². The van der Waals surface area contributed by atoms with E-state index in [4.69, 9.17) is 35.3 Å². The van der Waals surface area contributed by atoms with Gasteiger partial charge in [0.2, 0.25) is 11.8 Å². The molecule has 0 spiro atoms. The number of likely N-dealkylation sites (N-methyl/N-ethyl adjacent to an activating group) is 1. The van der Waals surface area contributed by atoms with Crippen LogP contribution in [0.1, 0.15) is 112 Å². The molecule has 71 heavy (non-hydrogen) atoms. The Balaban J connectivity index is 1.53. The summed E-state index contributed by atoms with van der Waals surface area (Å²) in [5.74, 6) is -6.48. The van der Waals surface area contributed by atoms with Gasteiger partial charge in [0.1, 0.15) is 22.5 Å². The zero-order valence-corrected chi connectivity index (χ0v) is 45.5. The van der Waals surface area contributed by atoms with Crippen molar-refractivity contribution >= 4 is 74.7 Å². The highest BCUT2D eigenvalue weighted by Crippen LogP contribution is 2.44. The highest BCUT2D eigenvalue weighted by molar-refractivity contribution is 14.1. The van der Waals surface area contributed by atoms with Crippen LogP contribution in [0.25, 0.3) is 10.6 Å². The number of nitrogens with zero attached hydrogens (tertiary/aromatic N) is 5. The predicted molar refractivity (Wildman–Crippen MR) is 275 cm³/mol. The normalized spacial score (nSPS) is 35.1. The van der Waals surface area contributed by atoms with Crippen molar-refractivity contribution in [2.75, 3.05) is 32.6 Å². The van der Waals surface area contributed by atoms with Crippen LogP contribution in [0.5, 0.6) is 0 Å². The lowest BCUT2D eigenvalue weighted by Gasteiger charge is -2.47. The van der Waals surface area contributed by atoms with E-state index in [1.165, 1.54) is 25.2 Å². The summed E-state index contributed by atoms with van der Waals surface area (Å²) in [6, 6.07) is 2.49. The third-order valence-corrected chi connectivity index (χ3v) is 16.4. The van der Waals surface area contributed by atoms with Gasteiger partial charge >= 0.3 is 5.97 Å². The lowest BCUT2D eigenvalue weighted by atomic mass is 9.70. The number of pyridine rings is 1. The zero-order valence-electron chi connectivity index (χ0n) is 42.6. The number of aliphatic imine (C=N–C) groups is 1. The van der Waals surface area contributed by atoms with Crippen LogP contribution in [0.15, 0.2) is 33.9 Å². The van der Waals surface area contributed by atoms with E-state index in [1.807, 2.05) is 45.8 Å².